The average molecular weight is 263 g/mol. The van der Waals surface area contributed by atoms with Crippen molar-refractivity contribution in [3.8, 4) is 0 Å². The number of carbonyl (C=O) groups is 1. The molecular formula is C12H17N5O2. The maximum absolute atomic E-state index is 11.1. The van der Waals surface area contributed by atoms with Crippen LogP contribution in [0, 0.1) is 5.92 Å². The van der Waals surface area contributed by atoms with E-state index in [0.717, 1.165) is 0 Å². The van der Waals surface area contributed by atoms with E-state index < -0.39 is 5.97 Å². The number of carboxylic acid groups (broad SMARTS) is 1. The van der Waals surface area contributed by atoms with Crippen molar-refractivity contribution in [3.63, 3.8) is 0 Å². The van der Waals surface area contributed by atoms with Gasteiger partial charge in [-0.05, 0) is 18.4 Å². The highest BCUT2D eigenvalue weighted by Crippen LogP contribution is 2.12. The molecule has 0 radical (unpaired) electrons. The van der Waals surface area contributed by atoms with Gasteiger partial charge in [-0.3, -0.25) is 4.68 Å². The van der Waals surface area contributed by atoms with Crippen LogP contribution in [0.15, 0.2) is 18.5 Å². The van der Waals surface area contributed by atoms with Crippen LogP contribution in [0.1, 0.15) is 30.0 Å². The summed E-state index contributed by atoms with van der Waals surface area (Å²) >= 11 is 0. The van der Waals surface area contributed by atoms with Crippen LogP contribution in [0.2, 0.25) is 0 Å². The molecule has 0 aromatic carbocycles. The maximum Gasteiger partial charge on any atom is 0.358 e. The molecule has 0 bridgehead atoms. The molecule has 0 fully saturated rings. The maximum atomic E-state index is 11.1. The van der Waals surface area contributed by atoms with E-state index in [1.165, 1.54) is 0 Å². The lowest BCUT2D eigenvalue weighted by Gasteiger charge is -2.09. The van der Waals surface area contributed by atoms with E-state index in [1.807, 2.05) is 26.1 Å². The van der Waals surface area contributed by atoms with Gasteiger partial charge in [-0.2, -0.15) is 5.10 Å². The predicted molar refractivity (Wildman–Crippen MR) is 67.8 cm³/mol. The zero-order chi connectivity index (χ0) is 13.8. The molecule has 102 valence electrons. The number of aromatic nitrogens is 5. The Morgan fingerprint density at radius 2 is 2.21 bits per heavy atom. The molecule has 2 rings (SSSR count). The van der Waals surface area contributed by atoms with Crippen molar-refractivity contribution in [2.75, 3.05) is 0 Å². The fraction of sp³-hybridized carbons (Fsp3) is 0.500. The first kappa shape index (κ1) is 13.3. The Morgan fingerprint density at radius 1 is 1.42 bits per heavy atom. The van der Waals surface area contributed by atoms with E-state index in [-0.39, 0.29) is 5.69 Å². The standard InChI is InChI=1S/C12H17N5O2/c1-9(2)8-10-11(12(18)19)14-15-17(10)7-6-16-5-3-4-13-16/h3-5,9H,6-8H2,1-2H3,(H,18,19). The van der Waals surface area contributed by atoms with Crippen LogP contribution >= 0.6 is 0 Å². The SMILES string of the molecule is CC(C)Cc1c(C(=O)O)nnn1CCn1cccn1. The zero-order valence-corrected chi connectivity index (χ0v) is 11.0. The van der Waals surface area contributed by atoms with Crippen molar-refractivity contribution in [3.05, 3.63) is 29.8 Å². The molecule has 2 aromatic heterocycles. The van der Waals surface area contributed by atoms with Gasteiger partial charge in [-0.25, -0.2) is 9.48 Å². The molecule has 7 nitrogen and oxygen atoms in total. The van der Waals surface area contributed by atoms with Crippen LogP contribution in [-0.4, -0.2) is 35.9 Å². The molecule has 0 atom stereocenters. The summed E-state index contributed by atoms with van der Waals surface area (Å²) in [5, 5.41) is 20.9. The van der Waals surface area contributed by atoms with E-state index in [0.29, 0.717) is 31.1 Å². The van der Waals surface area contributed by atoms with Crippen LogP contribution in [0.25, 0.3) is 0 Å². The van der Waals surface area contributed by atoms with Gasteiger partial charge in [0, 0.05) is 12.4 Å². The number of carboxylic acids is 1. The van der Waals surface area contributed by atoms with E-state index >= 15 is 0 Å². The molecule has 0 saturated heterocycles. The first-order valence-electron chi connectivity index (χ1n) is 6.21. The minimum atomic E-state index is -1.03. The van der Waals surface area contributed by atoms with E-state index in [9.17, 15) is 4.79 Å². The third-order valence-corrected chi connectivity index (χ3v) is 2.74. The summed E-state index contributed by atoms with van der Waals surface area (Å²) in [6, 6.07) is 1.85. The molecule has 0 aliphatic carbocycles. The van der Waals surface area contributed by atoms with Crippen molar-refractivity contribution in [2.45, 2.75) is 33.4 Å². The Bertz CT molecular complexity index is 544. The summed E-state index contributed by atoms with van der Waals surface area (Å²) in [5.41, 5.74) is 0.726. The molecule has 0 aliphatic rings. The van der Waals surface area contributed by atoms with Gasteiger partial charge in [0.05, 0.1) is 18.8 Å². The van der Waals surface area contributed by atoms with Crippen LogP contribution < -0.4 is 0 Å². The van der Waals surface area contributed by atoms with Gasteiger partial charge in [-0.1, -0.05) is 19.1 Å². The number of nitrogens with zero attached hydrogens (tertiary/aromatic N) is 5. The molecule has 0 spiro atoms. The average Bonchev–Trinajstić information content (AvgIpc) is 2.94. The van der Waals surface area contributed by atoms with Crippen LogP contribution in [0.3, 0.4) is 0 Å². The van der Waals surface area contributed by atoms with Crippen molar-refractivity contribution in [1.29, 1.82) is 0 Å². The Morgan fingerprint density at radius 3 is 2.79 bits per heavy atom. The highest BCUT2D eigenvalue weighted by molar-refractivity contribution is 5.86. The third kappa shape index (κ3) is 3.18. The van der Waals surface area contributed by atoms with Gasteiger partial charge in [0.2, 0.25) is 0 Å². The smallest absolute Gasteiger partial charge is 0.358 e. The fourth-order valence-corrected chi connectivity index (χ4v) is 1.90. The lowest BCUT2D eigenvalue weighted by molar-refractivity contribution is 0.0689. The Labute approximate surface area is 110 Å². The van der Waals surface area contributed by atoms with Crippen LogP contribution in [-0.2, 0) is 19.5 Å². The van der Waals surface area contributed by atoms with Crippen molar-refractivity contribution >= 4 is 5.97 Å². The van der Waals surface area contributed by atoms with Gasteiger partial charge in [0.15, 0.2) is 5.69 Å². The zero-order valence-electron chi connectivity index (χ0n) is 11.0. The topological polar surface area (TPSA) is 85.8 Å². The quantitative estimate of drug-likeness (QED) is 0.842. The van der Waals surface area contributed by atoms with E-state index in [2.05, 4.69) is 15.4 Å². The third-order valence-electron chi connectivity index (χ3n) is 2.74. The van der Waals surface area contributed by atoms with Gasteiger partial charge in [-0.15, -0.1) is 5.10 Å². The molecule has 19 heavy (non-hydrogen) atoms. The number of rotatable bonds is 6. The van der Waals surface area contributed by atoms with Gasteiger partial charge >= 0.3 is 5.97 Å². The molecule has 7 heteroatoms. The molecule has 0 unspecified atom stereocenters. The lowest BCUT2D eigenvalue weighted by Crippen LogP contribution is -2.14. The van der Waals surface area contributed by atoms with Gasteiger partial charge < -0.3 is 5.11 Å². The summed E-state index contributed by atoms with van der Waals surface area (Å²) in [7, 11) is 0. The predicted octanol–water partition coefficient (Wildman–Crippen LogP) is 1.07. The first-order chi connectivity index (χ1) is 9.08. The van der Waals surface area contributed by atoms with Crippen molar-refractivity contribution < 1.29 is 9.90 Å². The summed E-state index contributed by atoms with van der Waals surface area (Å²) in [5.74, 6) is -0.680. The minimum absolute atomic E-state index is 0.0502. The van der Waals surface area contributed by atoms with E-state index in [4.69, 9.17) is 5.11 Å². The monoisotopic (exact) mass is 263 g/mol. The first-order valence-corrected chi connectivity index (χ1v) is 6.21. The molecule has 0 saturated carbocycles. The van der Waals surface area contributed by atoms with Gasteiger partial charge in [0.1, 0.15) is 0 Å². The Hall–Kier alpha value is -2.18. The number of hydrogen-bond donors (Lipinski definition) is 1. The highest BCUT2D eigenvalue weighted by atomic mass is 16.4. The second kappa shape index (κ2) is 5.64. The van der Waals surface area contributed by atoms with Crippen LogP contribution in [0.4, 0.5) is 0 Å². The normalized spacial score (nSPS) is 11.1. The number of aromatic carboxylic acids is 1. The van der Waals surface area contributed by atoms with Crippen LogP contribution in [0.5, 0.6) is 0 Å². The summed E-state index contributed by atoms with van der Waals surface area (Å²) in [6.45, 7) is 5.28. The summed E-state index contributed by atoms with van der Waals surface area (Å²) in [6.07, 6.45) is 4.21. The highest BCUT2D eigenvalue weighted by Gasteiger charge is 2.19. The molecule has 1 N–H and O–H groups in total. The number of hydrogen-bond acceptors (Lipinski definition) is 4. The molecule has 0 aliphatic heterocycles. The lowest BCUT2D eigenvalue weighted by atomic mass is 10.1. The minimum Gasteiger partial charge on any atom is -0.476 e. The Balaban J connectivity index is 2.17. The molecule has 2 heterocycles. The van der Waals surface area contributed by atoms with Crippen molar-refractivity contribution in [2.24, 2.45) is 5.92 Å². The largest absolute Gasteiger partial charge is 0.476 e. The summed E-state index contributed by atoms with van der Waals surface area (Å²) in [4.78, 5) is 11.1. The van der Waals surface area contributed by atoms with E-state index in [1.54, 1.807) is 15.6 Å². The number of aryl methyl sites for hydroxylation is 2. The summed E-state index contributed by atoms with van der Waals surface area (Å²) < 4.78 is 3.44. The Kier molecular flexibility index (Phi) is 3.94. The fourth-order valence-electron chi connectivity index (χ4n) is 1.90. The second-order valence-electron chi connectivity index (χ2n) is 4.78. The molecular weight excluding hydrogens is 246 g/mol. The second-order valence-corrected chi connectivity index (χ2v) is 4.78. The molecule has 0 amide bonds. The van der Waals surface area contributed by atoms with Crippen molar-refractivity contribution in [1.82, 2.24) is 24.8 Å². The van der Waals surface area contributed by atoms with Gasteiger partial charge in [0.25, 0.3) is 0 Å². The molecule has 2 aromatic rings.